The molecule has 0 fully saturated rings. The van der Waals surface area contributed by atoms with Gasteiger partial charge in [-0.05, 0) is 30.2 Å². The van der Waals surface area contributed by atoms with Crippen LogP contribution in [0.15, 0.2) is 59.5 Å². The van der Waals surface area contributed by atoms with Gasteiger partial charge in [0.2, 0.25) is 0 Å². The molecule has 0 atom stereocenters. The van der Waals surface area contributed by atoms with Crippen molar-refractivity contribution in [1.29, 1.82) is 0 Å². The third kappa shape index (κ3) is 2.83. The fraction of sp³-hybridized carbons (Fsp3) is 0.105. The summed E-state index contributed by atoms with van der Waals surface area (Å²) in [6, 6.07) is 15.4. The van der Waals surface area contributed by atoms with E-state index in [1.807, 2.05) is 55.5 Å². The predicted octanol–water partition coefficient (Wildman–Crippen LogP) is 3.66. The normalized spacial score (nSPS) is 11.1. The number of aromatic amines is 1. The molecule has 0 saturated heterocycles. The number of hydrogen-bond acceptors (Lipinski definition) is 3. The lowest BCUT2D eigenvalue weighted by Crippen LogP contribution is -2.13. The molecular weight excluding hydrogens is 336 g/mol. The topological polar surface area (TPSA) is 63.6 Å². The molecular formula is C19H15ClN4O. The Labute approximate surface area is 148 Å². The van der Waals surface area contributed by atoms with Crippen LogP contribution in [0.4, 0.5) is 0 Å². The molecule has 1 N–H and O–H groups in total. The molecule has 0 bridgehead atoms. The van der Waals surface area contributed by atoms with E-state index in [0.717, 1.165) is 16.8 Å². The molecule has 0 unspecified atom stereocenters. The molecule has 25 heavy (non-hydrogen) atoms. The molecule has 6 heteroatoms. The summed E-state index contributed by atoms with van der Waals surface area (Å²) in [5, 5.41) is 5.48. The van der Waals surface area contributed by atoms with Crippen molar-refractivity contribution in [3.63, 3.8) is 0 Å². The van der Waals surface area contributed by atoms with E-state index >= 15 is 0 Å². The van der Waals surface area contributed by atoms with Crippen molar-refractivity contribution >= 4 is 22.6 Å². The van der Waals surface area contributed by atoms with Gasteiger partial charge in [-0.25, -0.2) is 9.67 Å². The van der Waals surface area contributed by atoms with Crippen LogP contribution in [0.2, 0.25) is 5.02 Å². The smallest absolute Gasteiger partial charge is 0.262 e. The van der Waals surface area contributed by atoms with E-state index < -0.39 is 0 Å². The second-order valence-electron chi connectivity index (χ2n) is 5.86. The van der Waals surface area contributed by atoms with Crippen molar-refractivity contribution in [3.8, 4) is 5.69 Å². The Hall–Kier alpha value is -2.92. The van der Waals surface area contributed by atoms with Gasteiger partial charge in [0.05, 0.1) is 11.9 Å². The second kappa shape index (κ2) is 6.18. The maximum absolute atomic E-state index is 12.4. The van der Waals surface area contributed by atoms with Gasteiger partial charge >= 0.3 is 0 Å². The van der Waals surface area contributed by atoms with Gasteiger partial charge < -0.3 is 4.98 Å². The standard InChI is InChI=1S/C19H15ClN4O/c1-12-6-2-5-9-16(12)24-18-14(11-21-24)19(25)23-17(22-18)10-13-7-3-4-8-15(13)20/h2-9,11H,10H2,1H3,(H,22,23,25). The molecule has 0 saturated carbocycles. The number of fused-ring (bicyclic) bond motifs is 1. The van der Waals surface area contributed by atoms with Crippen LogP contribution in [-0.2, 0) is 6.42 Å². The minimum atomic E-state index is -0.202. The predicted molar refractivity (Wildman–Crippen MR) is 98.5 cm³/mol. The molecule has 4 aromatic rings. The van der Waals surface area contributed by atoms with Crippen LogP contribution in [0.5, 0.6) is 0 Å². The van der Waals surface area contributed by atoms with Crippen LogP contribution in [-0.4, -0.2) is 19.7 Å². The van der Waals surface area contributed by atoms with Crippen molar-refractivity contribution in [2.45, 2.75) is 13.3 Å². The van der Waals surface area contributed by atoms with Gasteiger partial charge in [-0.3, -0.25) is 4.79 Å². The Morgan fingerprint density at radius 1 is 1.12 bits per heavy atom. The molecule has 4 rings (SSSR count). The van der Waals surface area contributed by atoms with Crippen LogP contribution in [0.3, 0.4) is 0 Å². The molecule has 0 aliphatic rings. The van der Waals surface area contributed by atoms with Crippen LogP contribution in [0, 0.1) is 6.92 Å². The first-order valence-corrected chi connectivity index (χ1v) is 8.27. The van der Waals surface area contributed by atoms with E-state index in [0.29, 0.717) is 28.3 Å². The van der Waals surface area contributed by atoms with Gasteiger partial charge in [-0.15, -0.1) is 0 Å². The highest BCUT2D eigenvalue weighted by atomic mass is 35.5. The number of H-pyrrole nitrogens is 1. The average molecular weight is 351 g/mol. The van der Waals surface area contributed by atoms with Crippen LogP contribution in [0.1, 0.15) is 17.0 Å². The Morgan fingerprint density at radius 2 is 1.88 bits per heavy atom. The van der Waals surface area contributed by atoms with Crippen molar-refractivity contribution in [2.24, 2.45) is 0 Å². The van der Waals surface area contributed by atoms with Crippen LogP contribution >= 0.6 is 11.6 Å². The number of nitrogens with one attached hydrogen (secondary N) is 1. The first-order chi connectivity index (χ1) is 12.1. The lowest BCUT2D eigenvalue weighted by molar-refractivity contribution is 0.873. The molecule has 2 aromatic heterocycles. The highest BCUT2D eigenvalue weighted by Gasteiger charge is 2.13. The van der Waals surface area contributed by atoms with Gasteiger partial charge in [0.15, 0.2) is 5.65 Å². The molecule has 2 heterocycles. The third-order valence-electron chi connectivity index (χ3n) is 4.15. The minimum absolute atomic E-state index is 0.202. The maximum Gasteiger partial charge on any atom is 0.262 e. The van der Waals surface area contributed by atoms with E-state index in [9.17, 15) is 4.79 Å². The van der Waals surface area contributed by atoms with E-state index in [-0.39, 0.29) is 5.56 Å². The largest absolute Gasteiger partial charge is 0.310 e. The number of para-hydroxylation sites is 1. The Bertz CT molecular complexity index is 1130. The summed E-state index contributed by atoms with van der Waals surface area (Å²) < 4.78 is 1.70. The van der Waals surface area contributed by atoms with Gasteiger partial charge in [-0.1, -0.05) is 48.0 Å². The summed E-state index contributed by atoms with van der Waals surface area (Å²) >= 11 is 6.22. The number of halogens is 1. The molecule has 5 nitrogen and oxygen atoms in total. The maximum atomic E-state index is 12.4. The second-order valence-corrected chi connectivity index (χ2v) is 6.27. The summed E-state index contributed by atoms with van der Waals surface area (Å²) in [5.41, 5.74) is 3.21. The van der Waals surface area contributed by atoms with Gasteiger partial charge in [0.1, 0.15) is 11.2 Å². The van der Waals surface area contributed by atoms with Crippen LogP contribution in [0.25, 0.3) is 16.7 Å². The SMILES string of the molecule is Cc1ccccc1-n1ncc2c(=O)[nH]c(Cc3ccccc3Cl)nc21. The molecule has 0 aliphatic carbocycles. The van der Waals surface area contributed by atoms with Gasteiger partial charge in [-0.2, -0.15) is 5.10 Å². The Kier molecular flexibility index (Phi) is 3.86. The van der Waals surface area contributed by atoms with Crippen molar-refractivity contribution in [3.05, 3.63) is 87.1 Å². The zero-order chi connectivity index (χ0) is 17.4. The summed E-state index contributed by atoms with van der Waals surface area (Å²) in [4.78, 5) is 19.9. The molecule has 2 aromatic carbocycles. The lowest BCUT2D eigenvalue weighted by Gasteiger charge is -2.08. The summed E-state index contributed by atoms with van der Waals surface area (Å²) in [6.07, 6.45) is 2.00. The van der Waals surface area contributed by atoms with Gasteiger partial charge in [0, 0.05) is 11.4 Å². The Balaban J connectivity index is 1.86. The molecule has 0 spiro atoms. The highest BCUT2D eigenvalue weighted by molar-refractivity contribution is 6.31. The van der Waals surface area contributed by atoms with Crippen molar-refractivity contribution < 1.29 is 0 Å². The molecule has 0 radical (unpaired) electrons. The first kappa shape index (κ1) is 15.6. The number of hydrogen-bond donors (Lipinski definition) is 1. The average Bonchev–Trinajstić information content (AvgIpc) is 3.02. The summed E-state index contributed by atoms with van der Waals surface area (Å²) in [6.45, 7) is 2.00. The summed E-state index contributed by atoms with van der Waals surface area (Å²) in [7, 11) is 0. The van der Waals surface area contributed by atoms with E-state index in [1.54, 1.807) is 10.9 Å². The van der Waals surface area contributed by atoms with Crippen molar-refractivity contribution in [2.75, 3.05) is 0 Å². The lowest BCUT2D eigenvalue weighted by atomic mass is 10.1. The highest BCUT2D eigenvalue weighted by Crippen LogP contribution is 2.20. The number of aromatic nitrogens is 4. The number of nitrogens with zero attached hydrogens (tertiary/aromatic N) is 3. The van der Waals surface area contributed by atoms with E-state index in [2.05, 4.69) is 15.1 Å². The van der Waals surface area contributed by atoms with E-state index in [4.69, 9.17) is 11.6 Å². The molecule has 0 aliphatic heterocycles. The summed E-state index contributed by atoms with van der Waals surface area (Å²) in [5.74, 6) is 0.556. The van der Waals surface area contributed by atoms with E-state index in [1.165, 1.54) is 0 Å². The monoisotopic (exact) mass is 350 g/mol. The number of benzene rings is 2. The number of aryl methyl sites for hydroxylation is 1. The fourth-order valence-corrected chi connectivity index (χ4v) is 3.05. The molecule has 0 amide bonds. The minimum Gasteiger partial charge on any atom is -0.310 e. The zero-order valence-electron chi connectivity index (χ0n) is 13.5. The number of rotatable bonds is 3. The van der Waals surface area contributed by atoms with Crippen molar-refractivity contribution in [1.82, 2.24) is 19.7 Å². The zero-order valence-corrected chi connectivity index (χ0v) is 14.3. The third-order valence-corrected chi connectivity index (χ3v) is 4.52. The fourth-order valence-electron chi connectivity index (χ4n) is 2.85. The quantitative estimate of drug-likeness (QED) is 0.613. The Morgan fingerprint density at radius 3 is 2.68 bits per heavy atom. The molecule has 124 valence electrons. The van der Waals surface area contributed by atoms with Crippen LogP contribution < -0.4 is 5.56 Å². The first-order valence-electron chi connectivity index (χ1n) is 7.90. The van der Waals surface area contributed by atoms with Gasteiger partial charge in [0.25, 0.3) is 5.56 Å².